The molecule has 1 aliphatic heterocycles. The summed E-state index contributed by atoms with van der Waals surface area (Å²) in [6.07, 6.45) is 0.829. The lowest BCUT2D eigenvalue weighted by Crippen LogP contribution is -2.45. The minimum Gasteiger partial charge on any atom is -0.478 e. The fraction of sp³-hybridized carbons (Fsp3) is 0.462. The number of carboxylic acid groups (broad SMARTS) is 1. The van der Waals surface area contributed by atoms with Crippen LogP contribution in [0.1, 0.15) is 23.7 Å². The van der Waals surface area contributed by atoms with Gasteiger partial charge in [0.15, 0.2) is 0 Å². The molecule has 5 heteroatoms. The molecule has 1 unspecified atom stereocenters. The molecule has 0 spiro atoms. The van der Waals surface area contributed by atoms with Gasteiger partial charge in [0, 0.05) is 6.54 Å². The van der Waals surface area contributed by atoms with Gasteiger partial charge in [-0.25, -0.2) is 9.18 Å². The largest absolute Gasteiger partial charge is 0.478 e. The number of morpholine rings is 1. The first-order valence-corrected chi connectivity index (χ1v) is 6.01. The molecule has 1 fully saturated rings. The van der Waals surface area contributed by atoms with Gasteiger partial charge in [-0.1, -0.05) is 13.0 Å². The number of hydrogen-bond acceptors (Lipinski definition) is 3. The zero-order chi connectivity index (χ0) is 13.1. The van der Waals surface area contributed by atoms with Gasteiger partial charge in [-0.3, -0.25) is 0 Å². The van der Waals surface area contributed by atoms with Crippen LogP contribution >= 0.6 is 0 Å². The van der Waals surface area contributed by atoms with Crippen LogP contribution in [-0.4, -0.2) is 36.9 Å². The Morgan fingerprint density at radius 3 is 3.06 bits per heavy atom. The van der Waals surface area contributed by atoms with E-state index in [1.165, 1.54) is 6.07 Å². The van der Waals surface area contributed by atoms with E-state index in [9.17, 15) is 9.18 Å². The van der Waals surface area contributed by atoms with Crippen molar-refractivity contribution in [1.29, 1.82) is 0 Å². The van der Waals surface area contributed by atoms with Gasteiger partial charge in [0.1, 0.15) is 11.4 Å². The lowest BCUT2D eigenvalue weighted by Gasteiger charge is -2.37. The molecule has 1 saturated heterocycles. The Morgan fingerprint density at radius 2 is 2.39 bits per heavy atom. The molecule has 0 amide bonds. The number of ether oxygens (including phenoxy) is 1. The van der Waals surface area contributed by atoms with Crippen LogP contribution < -0.4 is 4.90 Å². The average Bonchev–Trinajstić information content (AvgIpc) is 2.38. The van der Waals surface area contributed by atoms with E-state index in [2.05, 4.69) is 0 Å². The van der Waals surface area contributed by atoms with Crippen molar-refractivity contribution < 1.29 is 19.0 Å². The average molecular weight is 253 g/mol. The second-order valence-electron chi connectivity index (χ2n) is 4.27. The first-order chi connectivity index (χ1) is 8.65. The number of hydrogen-bond donors (Lipinski definition) is 1. The third-order valence-corrected chi connectivity index (χ3v) is 3.21. The lowest BCUT2D eigenvalue weighted by atomic mass is 10.1. The van der Waals surface area contributed by atoms with Gasteiger partial charge >= 0.3 is 5.97 Å². The van der Waals surface area contributed by atoms with Crippen LogP contribution in [-0.2, 0) is 4.74 Å². The van der Waals surface area contributed by atoms with E-state index < -0.39 is 11.8 Å². The molecule has 1 aromatic carbocycles. The molecule has 1 atom stereocenters. The van der Waals surface area contributed by atoms with Crippen molar-refractivity contribution in [3.8, 4) is 0 Å². The third-order valence-electron chi connectivity index (χ3n) is 3.21. The van der Waals surface area contributed by atoms with Crippen molar-refractivity contribution in [2.24, 2.45) is 0 Å². The topological polar surface area (TPSA) is 49.8 Å². The summed E-state index contributed by atoms with van der Waals surface area (Å²) in [7, 11) is 0. The van der Waals surface area contributed by atoms with E-state index in [0.717, 1.165) is 6.42 Å². The second-order valence-corrected chi connectivity index (χ2v) is 4.27. The van der Waals surface area contributed by atoms with Crippen molar-refractivity contribution in [2.75, 3.05) is 24.7 Å². The summed E-state index contributed by atoms with van der Waals surface area (Å²) in [6, 6.07) is 4.47. The summed E-state index contributed by atoms with van der Waals surface area (Å²) in [5, 5.41) is 9.14. The molecule has 1 aliphatic rings. The smallest absolute Gasteiger partial charge is 0.340 e. The van der Waals surface area contributed by atoms with E-state index in [1.807, 2.05) is 11.8 Å². The van der Waals surface area contributed by atoms with Crippen LogP contribution in [0.5, 0.6) is 0 Å². The fourth-order valence-corrected chi connectivity index (χ4v) is 2.27. The van der Waals surface area contributed by atoms with Crippen molar-refractivity contribution >= 4 is 11.7 Å². The summed E-state index contributed by atoms with van der Waals surface area (Å²) in [5.74, 6) is -1.93. The van der Waals surface area contributed by atoms with Gasteiger partial charge in [-0.2, -0.15) is 0 Å². The van der Waals surface area contributed by atoms with E-state index >= 15 is 0 Å². The zero-order valence-corrected chi connectivity index (χ0v) is 10.2. The lowest BCUT2D eigenvalue weighted by molar-refractivity contribution is 0.0688. The number of rotatable bonds is 3. The summed E-state index contributed by atoms with van der Waals surface area (Å²) >= 11 is 0. The van der Waals surface area contributed by atoms with Gasteiger partial charge in [0.2, 0.25) is 0 Å². The van der Waals surface area contributed by atoms with Crippen LogP contribution in [0.25, 0.3) is 0 Å². The minimum absolute atomic E-state index is 0.0960. The van der Waals surface area contributed by atoms with Crippen molar-refractivity contribution in [2.45, 2.75) is 19.4 Å². The van der Waals surface area contributed by atoms with Crippen molar-refractivity contribution in [3.63, 3.8) is 0 Å². The van der Waals surface area contributed by atoms with E-state index in [-0.39, 0.29) is 11.6 Å². The molecule has 4 nitrogen and oxygen atoms in total. The minimum atomic E-state index is -1.23. The standard InChI is InChI=1S/C13H16FNO3/c1-2-9-8-18-7-6-15(9)11-5-3-4-10(14)12(11)13(16)17/h3-5,9H,2,6-8H2,1H3,(H,16,17). The van der Waals surface area contributed by atoms with Gasteiger partial charge in [-0.15, -0.1) is 0 Å². The quantitative estimate of drug-likeness (QED) is 0.896. The normalized spacial score (nSPS) is 19.9. The third kappa shape index (κ3) is 2.31. The highest BCUT2D eigenvalue weighted by atomic mass is 19.1. The highest BCUT2D eigenvalue weighted by molar-refractivity contribution is 5.94. The summed E-state index contributed by atoms with van der Waals surface area (Å²) in [5.41, 5.74) is 0.190. The summed E-state index contributed by atoms with van der Waals surface area (Å²) < 4.78 is 19.0. The Kier molecular flexibility index (Phi) is 3.81. The fourth-order valence-electron chi connectivity index (χ4n) is 2.27. The Labute approximate surface area is 105 Å². The van der Waals surface area contributed by atoms with Gasteiger partial charge in [-0.05, 0) is 18.6 Å². The number of anilines is 1. The maximum absolute atomic E-state index is 13.6. The maximum Gasteiger partial charge on any atom is 0.340 e. The van der Waals surface area contributed by atoms with E-state index in [0.29, 0.717) is 25.4 Å². The predicted molar refractivity (Wildman–Crippen MR) is 65.6 cm³/mol. The summed E-state index contributed by atoms with van der Waals surface area (Å²) in [6.45, 7) is 3.67. The molecular formula is C13H16FNO3. The molecular weight excluding hydrogens is 237 g/mol. The first-order valence-electron chi connectivity index (χ1n) is 6.01. The predicted octanol–water partition coefficient (Wildman–Crippen LogP) is 2.14. The van der Waals surface area contributed by atoms with Crippen LogP contribution in [0.2, 0.25) is 0 Å². The SMILES string of the molecule is CCC1COCCN1c1cccc(F)c1C(=O)O. The number of carboxylic acids is 1. The molecule has 0 bridgehead atoms. The van der Waals surface area contributed by atoms with E-state index in [4.69, 9.17) is 9.84 Å². The van der Waals surface area contributed by atoms with E-state index in [1.54, 1.807) is 12.1 Å². The molecule has 18 heavy (non-hydrogen) atoms. The Morgan fingerprint density at radius 1 is 1.61 bits per heavy atom. The van der Waals surface area contributed by atoms with Gasteiger partial charge in [0.25, 0.3) is 0 Å². The monoisotopic (exact) mass is 253 g/mol. The van der Waals surface area contributed by atoms with Gasteiger partial charge in [0.05, 0.1) is 24.9 Å². The zero-order valence-electron chi connectivity index (χ0n) is 10.2. The highest BCUT2D eigenvalue weighted by Crippen LogP contribution is 2.27. The Balaban J connectivity index is 2.42. The molecule has 0 radical (unpaired) electrons. The Hall–Kier alpha value is -1.62. The molecule has 2 rings (SSSR count). The molecule has 98 valence electrons. The number of carbonyl (C=O) groups is 1. The van der Waals surface area contributed by atoms with Gasteiger partial charge < -0.3 is 14.7 Å². The molecule has 0 saturated carbocycles. The van der Waals surface area contributed by atoms with Crippen LogP contribution in [0.15, 0.2) is 18.2 Å². The maximum atomic E-state index is 13.6. The van der Waals surface area contributed by atoms with Crippen LogP contribution in [0.3, 0.4) is 0 Å². The molecule has 0 aliphatic carbocycles. The molecule has 1 aromatic rings. The number of nitrogens with zero attached hydrogens (tertiary/aromatic N) is 1. The van der Waals surface area contributed by atoms with Crippen LogP contribution in [0, 0.1) is 5.82 Å². The van der Waals surface area contributed by atoms with Crippen LogP contribution in [0.4, 0.5) is 10.1 Å². The highest BCUT2D eigenvalue weighted by Gasteiger charge is 2.27. The molecule has 1 heterocycles. The summed E-state index contributed by atoms with van der Waals surface area (Å²) in [4.78, 5) is 13.1. The first kappa shape index (κ1) is 12.8. The Bertz CT molecular complexity index is 450. The second kappa shape index (κ2) is 5.35. The van der Waals surface area contributed by atoms with Crippen molar-refractivity contribution in [3.05, 3.63) is 29.6 Å². The molecule has 1 N–H and O–H groups in total. The number of halogens is 1. The molecule has 0 aromatic heterocycles. The number of benzene rings is 1. The van der Waals surface area contributed by atoms with Crippen molar-refractivity contribution in [1.82, 2.24) is 0 Å². The number of aromatic carboxylic acids is 1.